The zero-order valence-electron chi connectivity index (χ0n) is 14.1. The van der Waals surface area contributed by atoms with Gasteiger partial charge in [-0.1, -0.05) is 11.6 Å². The number of halogens is 2. The quantitative estimate of drug-likeness (QED) is 0.827. The molecule has 2 aliphatic heterocycles. The summed E-state index contributed by atoms with van der Waals surface area (Å²) in [6.45, 7) is 0.156. The Balaban J connectivity index is 1.53. The fourth-order valence-electron chi connectivity index (χ4n) is 2.71. The molecule has 4 heterocycles. The highest BCUT2D eigenvalue weighted by Gasteiger charge is 2.37. The van der Waals surface area contributed by atoms with Gasteiger partial charge in [0.2, 0.25) is 0 Å². The number of carbonyl (C=O) groups is 1. The van der Waals surface area contributed by atoms with Gasteiger partial charge in [-0.25, -0.2) is 9.40 Å². The molecule has 0 aliphatic carbocycles. The lowest BCUT2D eigenvalue weighted by Crippen LogP contribution is -2.44. The smallest absolute Gasteiger partial charge is 0.251 e. The number of hydrogen-bond acceptors (Lipinski definition) is 7. The Labute approximate surface area is 158 Å². The number of hydrogen-bond donors (Lipinski definition) is 2. The number of nitrogens with zero attached hydrogens (tertiary/aromatic N) is 6. The number of anilines is 2. The zero-order valence-corrected chi connectivity index (χ0v) is 14.9. The third-order valence-corrected chi connectivity index (χ3v) is 4.13. The predicted molar refractivity (Wildman–Crippen MR) is 99.0 cm³/mol. The maximum Gasteiger partial charge on any atom is 0.251 e. The molecule has 2 N–H and O–H groups in total. The van der Waals surface area contributed by atoms with Crippen molar-refractivity contribution in [3.05, 3.63) is 48.3 Å². The van der Waals surface area contributed by atoms with Crippen molar-refractivity contribution >= 4 is 40.0 Å². The number of nitrogens with one attached hydrogen (secondary N) is 2. The van der Waals surface area contributed by atoms with Crippen LogP contribution in [0.15, 0.2) is 52.6 Å². The van der Waals surface area contributed by atoms with Crippen LogP contribution in [-0.2, 0) is 11.8 Å². The highest BCUT2D eigenvalue weighted by molar-refractivity contribution is 6.69. The number of aliphatic imine (C=N–C) groups is 1. The second kappa shape index (κ2) is 6.80. The third kappa shape index (κ3) is 3.38. The van der Waals surface area contributed by atoms with Gasteiger partial charge in [-0.05, 0) is 6.07 Å². The molecule has 0 radical (unpaired) electrons. The number of hydrazone groups is 1. The molecule has 2 aromatic rings. The molecule has 1 amide bonds. The van der Waals surface area contributed by atoms with Crippen LogP contribution >= 0.6 is 11.6 Å². The van der Waals surface area contributed by atoms with E-state index in [-0.39, 0.29) is 17.4 Å². The Kier molecular flexibility index (Phi) is 4.32. The number of rotatable bonds is 4. The first-order valence-electron chi connectivity index (χ1n) is 7.98. The number of aryl methyl sites for hydroxylation is 1. The molecule has 1 unspecified atom stereocenters. The van der Waals surface area contributed by atoms with Gasteiger partial charge in [-0.3, -0.25) is 19.5 Å². The van der Waals surface area contributed by atoms with Gasteiger partial charge < -0.3 is 10.6 Å². The van der Waals surface area contributed by atoms with Crippen LogP contribution in [0.4, 0.5) is 15.9 Å². The molecular formula is C16H14ClFN8O. The lowest BCUT2D eigenvalue weighted by molar-refractivity contribution is -0.119. The lowest BCUT2D eigenvalue weighted by atomic mass is 10.2. The number of pyridine rings is 1. The molecule has 0 saturated carbocycles. The van der Waals surface area contributed by atoms with E-state index in [1.165, 1.54) is 17.3 Å². The molecule has 2 aromatic heterocycles. The molecule has 9 nitrogen and oxygen atoms in total. The summed E-state index contributed by atoms with van der Waals surface area (Å²) in [7, 11) is 1.80. The molecule has 11 heteroatoms. The van der Waals surface area contributed by atoms with E-state index in [0.29, 0.717) is 17.4 Å². The number of aromatic nitrogens is 3. The minimum atomic E-state index is -0.754. The summed E-state index contributed by atoms with van der Waals surface area (Å²) in [6, 6.07) is 2.41. The van der Waals surface area contributed by atoms with Gasteiger partial charge in [0.1, 0.15) is 0 Å². The Bertz CT molecular complexity index is 998. The Morgan fingerprint density at radius 2 is 2.26 bits per heavy atom. The molecule has 4 rings (SSSR count). The molecule has 0 saturated heterocycles. The first-order valence-corrected chi connectivity index (χ1v) is 8.36. The van der Waals surface area contributed by atoms with Crippen LogP contribution in [0, 0.1) is 5.82 Å². The average molecular weight is 389 g/mol. The van der Waals surface area contributed by atoms with Crippen molar-refractivity contribution in [2.24, 2.45) is 17.1 Å². The number of allylic oxidation sites excluding steroid dienone is 1. The first kappa shape index (κ1) is 17.2. The topological polar surface area (TPSA) is 99.8 Å². The largest absolute Gasteiger partial charge is 0.336 e. The molecule has 27 heavy (non-hydrogen) atoms. The van der Waals surface area contributed by atoms with Gasteiger partial charge in [-0.15, -0.1) is 0 Å². The van der Waals surface area contributed by atoms with Crippen LogP contribution in [-0.4, -0.2) is 49.3 Å². The third-order valence-electron chi connectivity index (χ3n) is 3.94. The van der Waals surface area contributed by atoms with Crippen LogP contribution in [0.25, 0.3) is 0 Å². The van der Waals surface area contributed by atoms with Crippen molar-refractivity contribution in [2.75, 3.05) is 17.2 Å². The van der Waals surface area contributed by atoms with E-state index >= 15 is 0 Å². The predicted octanol–water partition coefficient (Wildman–Crippen LogP) is 1.54. The van der Waals surface area contributed by atoms with E-state index in [1.54, 1.807) is 30.1 Å². The number of amidine groups is 1. The highest BCUT2D eigenvalue weighted by atomic mass is 35.5. The summed E-state index contributed by atoms with van der Waals surface area (Å²) < 4.78 is 15.4. The van der Waals surface area contributed by atoms with Crippen LogP contribution in [0.5, 0.6) is 0 Å². The normalized spacial score (nSPS) is 18.4. The average Bonchev–Trinajstić information content (AvgIpc) is 3.23. The number of carbonyl (C=O) groups excluding carboxylic acids is 1. The monoisotopic (exact) mass is 388 g/mol. The Hall–Kier alpha value is -3.27. The van der Waals surface area contributed by atoms with Crippen molar-refractivity contribution < 1.29 is 9.18 Å². The summed E-state index contributed by atoms with van der Waals surface area (Å²) in [5, 5.41) is 15.7. The number of amides is 1. The summed E-state index contributed by atoms with van der Waals surface area (Å²) in [5.74, 6) is -0.0151. The van der Waals surface area contributed by atoms with E-state index in [9.17, 15) is 9.18 Å². The van der Waals surface area contributed by atoms with Crippen molar-refractivity contribution in [3.63, 3.8) is 0 Å². The molecule has 0 fully saturated rings. The Morgan fingerprint density at radius 3 is 3.00 bits per heavy atom. The maximum absolute atomic E-state index is 13.7. The molecule has 0 aromatic carbocycles. The van der Waals surface area contributed by atoms with Crippen molar-refractivity contribution in [3.8, 4) is 0 Å². The maximum atomic E-state index is 13.7. The molecule has 0 bridgehead atoms. The van der Waals surface area contributed by atoms with Gasteiger partial charge in [0.05, 0.1) is 24.1 Å². The number of fused-ring (bicyclic) bond motifs is 1. The highest BCUT2D eigenvalue weighted by Crippen LogP contribution is 2.24. The van der Waals surface area contributed by atoms with Crippen LogP contribution in [0.3, 0.4) is 0 Å². The van der Waals surface area contributed by atoms with Crippen LogP contribution in [0.1, 0.15) is 0 Å². The second-order valence-electron chi connectivity index (χ2n) is 5.85. The molecule has 138 valence electrons. The van der Waals surface area contributed by atoms with E-state index in [0.717, 1.165) is 6.20 Å². The molecule has 2 aliphatic rings. The first-order chi connectivity index (χ1) is 13.0. The summed E-state index contributed by atoms with van der Waals surface area (Å²) in [4.78, 5) is 20.7. The van der Waals surface area contributed by atoms with E-state index in [1.807, 2.05) is 0 Å². The lowest BCUT2D eigenvalue weighted by Gasteiger charge is -2.26. The minimum Gasteiger partial charge on any atom is -0.336 e. The summed E-state index contributed by atoms with van der Waals surface area (Å²) in [5.41, 5.74) is 0.608. The Morgan fingerprint density at radius 1 is 1.41 bits per heavy atom. The summed E-state index contributed by atoms with van der Waals surface area (Å²) in [6.07, 6.45) is 5.81. The van der Waals surface area contributed by atoms with Gasteiger partial charge in [0.15, 0.2) is 28.7 Å². The second-order valence-corrected chi connectivity index (χ2v) is 6.24. The van der Waals surface area contributed by atoms with Crippen LogP contribution in [0.2, 0.25) is 0 Å². The van der Waals surface area contributed by atoms with Gasteiger partial charge >= 0.3 is 0 Å². The van der Waals surface area contributed by atoms with Gasteiger partial charge in [0, 0.05) is 31.6 Å². The van der Waals surface area contributed by atoms with Crippen molar-refractivity contribution in [2.45, 2.75) is 6.04 Å². The van der Waals surface area contributed by atoms with Gasteiger partial charge in [0.25, 0.3) is 5.91 Å². The van der Waals surface area contributed by atoms with Crippen molar-refractivity contribution in [1.29, 1.82) is 0 Å². The summed E-state index contributed by atoms with van der Waals surface area (Å²) >= 11 is 6.12. The SMILES string of the molecule is Cn1ccc(NC2=CC(Cl)=NN3C2=NCC3C(=O)Nc2ccncc2F)n1. The minimum absolute atomic E-state index is 0.0397. The molecule has 1 atom stereocenters. The molecule has 0 spiro atoms. The zero-order chi connectivity index (χ0) is 19.0. The van der Waals surface area contributed by atoms with E-state index in [4.69, 9.17) is 11.6 Å². The fourth-order valence-corrected chi connectivity index (χ4v) is 2.90. The van der Waals surface area contributed by atoms with Crippen molar-refractivity contribution in [1.82, 2.24) is 19.8 Å². The molecular weight excluding hydrogens is 375 g/mol. The van der Waals surface area contributed by atoms with E-state index < -0.39 is 17.8 Å². The fraction of sp³-hybridized carbons (Fsp3) is 0.188. The standard InChI is InChI=1S/C16H14ClFN8O/c1-25-5-3-14(24-25)21-11-6-13(17)23-26-12(8-20-15(11)26)16(27)22-10-2-4-19-7-9(10)18/h2-7,12H,8H2,1H3,(H,21,24)(H,19,22,27). The van der Waals surface area contributed by atoms with Crippen LogP contribution < -0.4 is 10.6 Å². The van der Waals surface area contributed by atoms with Gasteiger partial charge in [-0.2, -0.15) is 10.2 Å². The van der Waals surface area contributed by atoms with E-state index in [2.05, 4.69) is 30.8 Å².